The summed E-state index contributed by atoms with van der Waals surface area (Å²) in [6.07, 6.45) is 2.09. The molecule has 0 bridgehead atoms. The van der Waals surface area contributed by atoms with Gasteiger partial charge in [0.1, 0.15) is 0 Å². The molecule has 1 aromatic carbocycles. The maximum absolute atomic E-state index is 10.8. The van der Waals surface area contributed by atoms with Crippen molar-refractivity contribution >= 4 is 34.9 Å². The molecule has 0 radical (unpaired) electrons. The second kappa shape index (κ2) is 6.52. The molecule has 0 aliphatic rings. The van der Waals surface area contributed by atoms with E-state index in [0.717, 1.165) is 0 Å². The summed E-state index contributed by atoms with van der Waals surface area (Å²) in [5.41, 5.74) is 0.980. The van der Waals surface area contributed by atoms with Crippen molar-refractivity contribution in [3.63, 3.8) is 0 Å². The van der Waals surface area contributed by atoms with E-state index < -0.39 is 5.97 Å². The van der Waals surface area contributed by atoms with Gasteiger partial charge in [-0.05, 0) is 18.6 Å². The molecule has 2 N–H and O–H groups in total. The summed E-state index contributed by atoms with van der Waals surface area (Å²) >= 11 is 11.9. The number of hydrogen-bond acceptors (Lipinski definition) is 2. The number of aliphatic carboxylic acids is 1. The Hall–Kier alpha value is -1.19. The van der Waals surface area contributed by atoms with E-state index in [2.05, 4.69) is 5.32 Å². The molecule has 3 nitrogen and oxygen atoms in total. The third-order valence-corrected chi connectivity index (χ3v) is 2.88. The SMILES string of the molecule is CC/C(=C/CNc1c(Cl)cccc1Cl)C(=O)O. The van der Waals surface area contributed by atoms with Crippen LogP contribution in [0.3, 0.4) is 0 Å². The average Bonchev–Trinajstić information content (AvgIpc) is 2.27. The monoisotopic (exact) mass is 273 g/mol. The zero-order valence-corrected chi connectivity index (χ0v) is 10.8. The number of hydrogen-bond donors (Lipinski definition) is 2. The number of benzene rings is 1. The molecule has 17 heavy (non-hydrogen) atoms. The number of carbonyl (C=O) groups is 1. The predicted octanol–water partition coefficient (Wildman–Crippen LogP) is 3.83. The van der Waals surface area contributed by atoms with Gasteiger partial charge in [0, 0.05) is 12.1 Å². The fourth-order valence-electron chi connectivity index (χ4n) is 1.33. The number of carboxylic acid groups (broad SMARTS) is 1. The standard InChI is InChI=1S/C12H13Cl2NO2/c1-2-8(12(16)17)6-7-15-11-9(13)4-3-5-10(11)14/h3-6,15H,2,7H2,1H3,(H,16,17)/b8-6-. The van der Waals surface area contributed by atoms with Crippen LogP contribution in [0.2, 0.25) is 10.0 Å². The van der Waals surface area contributed by atoms with E-state index in [0.29, 0.717) is 34.3 Å². The first-order chi connectivity index (χ1) is 8.06. The van der Waals surface area contributed by atoms with Crippen molar-refractivity contribution in [1.82, 2.24) is 0 Å². The first-order valence-electron chi connectivity index (χ1n) is 5.16. The Kier molecular flexibility index (Phi) is 5.32. The summed E-state index contributed by atoms with van der Waals surface area (Å²) in [7, 11) is 0. The Morgan fingerprint density at radius 2 is 2.00 bits per heavy atom. The summed E-state index contributed by atoms with van der Waals surface area (Å²) in [4.78, 5) is 10.8. The van der Waals surface area contributed by atoms with E-state index in [9.17, 15) is 4.79 Å². The van der Waals surface area contributed by atoms with E-state index >= 15 is 0 Å². The molecule has 0 aromatic heterocycles. The van der Waals surface area contributed by atoms with Crippen molar-refractivity contribution < 1.29 is 9.90 Å². The summed E-state index contributed by atoms with van der Waals surface area (Å²) in [6, 6.07) is 5.19. The zero-order valence-electron chi connectivity index (χ0n) is 9.34. The lowest BCUT2D eigenvalue weighted by molar-refractivity contribution is -0.132. The van der Waals surface area contributed by atoms with Crippen LogP contribution in [0.15, 0.2) is 29.8 Å². The van der Waals surface area contributed by atoms with Crippen molar-refractivity contribution in [2.24, 2.45) is 0 Å². The maximum Gasteiger partial charge on any atom is 0.331 e. The number of nitrogens with one attached hydrogen (secondary N) is 1. The van der Waals surface area contributed by atoms with E-state index in [1.165, 1.54) is 0 Å². The molecule has 1 rings (SSSR count). The van der Waals surface area contributed by atoms with Crippen LogP contribution in [0.5, 0.6) is 0 Å². The minimum Gasteiger partial charge on any atom is -0.478 e. The first-order valence-corrected chi connectivity index (χ1v) is 5.92. The number of para-hydroxylation sites is 1. The van der Waals surface area contributed by atoms with Crippen LogP contribution in [-0.2, 0) is 4.79 Å². The van der Waals surface area contributed by atoms with Gasteiger partial charge in [-0.15, -0.1) is 0 Å². The van der Waals surface area contributed by atoms with Gasteiger partial charge in [0.15, 0.2) is 0 Å². The lowest BCUT2D eigenvalue weighted by Gasteiger charge is -2.08. The molecule has 5 heteroatoms. The number of anilines is 1. The minimum absolute atomic E-state index is 0.362. The van der Waals surface area contributed by atoms with Crippen molar-refractivity contribution in [2.75, 3.05) is 11.9 Å². The molecule has 0 aliphatic carbocycles. The van der Waals surface area contributed by atoms with Crippen LogP contribution in [0.4, 0.5) is 5.69 Å². The smallest absolute Gasteiger partial charge is 0.331 e. The van der Waals surface area contributed by atoms with Crippen molar-refractivity contribution in [3.05, 3.63) is 39.9 Å². The summed E-state index contributed by atoms with van der Waals surface area (Å²) < 4.78 is 0. The molecule has 0 saturated carbocycles. The highest BCUT2D eigenvalue weighted by molar-refractivity contribution is 6.39. The van der Waals surface area contributed by atoms with Crippen molar-refractivity contribution in [2.45, 2.75) is 13.3 Å². The summed E-state index contributed by atoms with van der Waals surface area (Å²) in [5.74, 6) is -0.903. The molecule has 0 amide bonds. The minimum atomic E-state index is -0.903. The Morgan fingerprint density at radius 3 is 2.47 bits per heavy atom. The first kappa shape index (κ1) is 13.9. The Balaban J connectivity index is 2.71. The predicted molar refractivity (Wildman–Crippen MR) is 71.0 cm³/mol. The maximum atomic E-state index is 10.8. The zero-order chi connectivity index (χ0) is 12.8. The van der Waals surface area contributed by atoms with E-state index in [4.69, 9.17) is 28.3 Å². The fourth-order valence-corrected chi connectivity index (χ4v) is 1.86. The molecular formula is C12H13Cl2NO2. The van der Waals surface area contributed by atoms with Crippen LogP contribution >= 0.6 is 23.2 Å². The fraction of sp³-hybridized carbons (Fsp3) is 0.250. The van der Waals surface area contributed by atoms with E-state index in [1.807, 2.05) is 0 Å². The topological polar surface area (TPSA) is 49.3 Å². The van der Waals surface area contributed by atoms with Crippen molar-refractivity contribution in [3.8, 4) is 0 Å². The molecule has 0 unspecified atom stereocenters. The van der Waals surface area contributed by atoms with Gasteiger partial charge in [0.05, 0.1) is 15.7 Å². The average molecular weight is 274 g/mol. The van der Waals surface area contributed by atoms with Crippen LogP contribution in [0, 0.1) is 0 Å². The van der Waals surface area contributed by atoms with Gasteiger partial charge in [0.2, 0.25) is 0 Å². The number of carboxylic acids is 1. The van der Waals surface area contributed by atoms with Gasteiger partial charge in [0.25, 0.3) is 0 Å². The molecule has 0 fully saturated rings. The van der Waals surface area contributed by atoms with Crippen LogP contribution in [0.1, 0.15) is 13.3 Å². The number of rotatable bonds is 5. The lowest BCUT2D eigenvalue weighted by atomic mass is 10.2. The van der Waals surface area contributed by atoms with E-state index in [1.54, 1.807) is 31.2 Å². The molecule has 0 atom stereocenters. The molecule has 0 spiro atoms. The Bertz CT molecular complexity index is 424. The van der Waals surface area contributed by atoms with Crippen LogP contribution < -0.4 is 5.32 Å². The second-order valence-electron chi connectivity index (χ2n) is 3.37. The highest BCUT2D eigenvalue weighted by Gasteiger charge is 2.05. The van der Waals surface area contributed by atoms with Gasteiger partial charge in [-0.1, -0.05) is 42.3 Å². The van der Waals surface area contributed by atoms with Gasteiger partial charge < -0.3 is 10.4 Å². The molecule has 0 heterocycles. The van der Waals surface area contributed by atoms with Crippen LogP contribution in [-0.4, -0.2) is 17.6 Å². The summed E-state index contributed by atoms with van der Waals surface area (Å²) in [6.45, 7) is 2.17. The Morgan fingerprint density at radius 1 is 1.41 bits per heavy atom. The molecule has 1 aromatic rings. The largest absolute Gasteiger partial charge is 0.478 e. The molecular weight excluding hydrogens is 261 g/mol. The quantitative estimate of drug-likeness (QED) is 0.802. The highest BCUT2D eigenvalue weighted by Crippen LogP contribution is 2.29. The third kappa shape index (κ3) is 3.95. The van der Waals surface area contributed by atoms with Crippen molar-refractivity contribution in [1.29, 1.82) is 0 Å². The van der Waals surface area contributed by atoms with Gasteiger partial charge in [-0.3, -0.25) is 0 Å². The molecule has 0 saturated heterocycles. The third-order valence-electron chi connectivity index (χ3n) is 2.25. The van der Waals surface area contributed by atoms with Gasteiger partial charge >= 0.3 is 5.97 Å². The highest BCUT2D eigenvalue weighted by atomic mass is 35.5. The molecule has 92 valence electrons. The van der Waals surface area contributed by atoms with Crippen LogP contribution in [0.25, 0.3) is 0 Å². The second-order valence-corrected chi connectivity index (χ2v) is 4.18. The van der Waals surface area contributed by atoms with Gasteiger partial charge in [-0.25, -0.2) is 4.79 Å². The molecule has 0 aliphatic heterocycles. The van der Waals surface area contributed by atoms with E-state index in [-0.39, 0.29) is 0 Å². The normalized spacial score (nSPS) is 11.4. The van der Waals surface area contributed by atoms with Gasteiger partial charge in [-0.2, -0.15) is 0 Å². The Labute approximate surface area is 110 Å². The number of halogens is 2. The lowest BCUT2D eigenvalue weighted by Crippen LogP contribution is -2.05. The summed E-state index contributed by atoms with van der Waals surface area (Å²) in [5, 5.41) is 12.9.